The van der Waals surface area contributed by atoms with E-state index >= 15 is 0 Å². The van der Waals surface area contributed by atoms with Crippen LogP contribution in [0.3, 0.4) is 0 Å². The first-order valence-electron chi connectivity index (χ1n) is 9.02. The van der Waals surface area contributed by atoms with Gasteiger partial charge in [0.2, 0.25) is 5.78 Å². The number of nitrogens with zero attached hydrogens (tertiary/aromatic N) is 5. The molecule has 4 rings (SSSR count). The lowest BCUT2D eigenvalue weighted by Gasteiger charge is -2.29. The summed E-state index contributed by atoms with van der Waals surface area (Å²) in [4.78, 5) is 14.2. The maximum atomic E-state index is 5.45. The molecule has 0 aliphatic carbocycles. The summed E-state index contributed by atoms with van der Waals surface area (Å²) in [6, 6.07) is 2.13. The topological polar surface area (TPSA) is 45.9 Å². The van der Waals surface area contributed by atoms with Gasteiger partial charge in [-0.05, 0) is 38.8 Å². The Kier molecular flexibility index (Phi) is 4.52. The smallest absolute Gasteiger partial charge is 0.234 e. The Morgan fingerprint density at radius 3 is 2.83 bits per heavy atom. The minimum absolute atomic E-state index is 0.781. The molecule has 0 saturated carbocycles. The molecule has 2 aliphatic rings. The fourth-order valence-electron chi connectivity index (χ4n) is 4.09. The van der Waals surface area contributed by atoms with Gasteiger partial charge in [-0.25, -0.2) is 9.97 Å². The van der Waals surface area contributed by atoms with Crippen molar-refractivity contribution >= 4 is 5.78 Å². The van der Waals surface area contributed by atoms with Gasteiger partial charge in [-0.15, -0.1) is 0 Å². The van der Waals surface area contributed by atoms with Gasteiger partial charge in [0, 0.05) is 44.1 Å². The Hall–Kier alpha value is -1.50. The lowest BCUT2D eigenvalue weighted by molar-refractivity contribution is 0.0311. The molecule has 0 spiro atoms. The normalized spacial score (nSPS) is 23.3. The van der Waals surface area contributed by atoms with Crippen LogP contribution < -0.4 is 0 Å². The van der Waals surface area contributed by atoms with Crippen LogP contribution in [0.5, 0.6) is 0 Å². The number of hydrogen-bond donors (Lipinski definition) is 0. The highest BCUT2D eigenvalue weighted by Crippen LogP contribution is 2.21. The van der Waals surface area contributed by atoms with Gasteiger partial charge in [-0.1, -0.05) is 0 Å². The minimum atomic E-state index is 0.781. The molecule has 0 radical (unpaired) electrons. The predicted octanol–water partition coefficient (Wildman–Crippen LogP) is 1.50. The number of aromatic nitrogens is 3. The van der Waals surface area contributed by atoms with Gasteiger partial charge in [-0.2, -0.15) is 0 Å². The van der Waals surface area contributed by atoms with Crippen molar-refractivity contribution in [1.29, 1.82) is 0 Å². The van der Waals surface area contributed by atoms with Gasteiger partial charge < -0.3 is 4.74 Å². The van der Waals surface area contributed by atoms with Crippen LogP contribution in [0.25, 0.3) is 5.78 Å². The van der Waals surface area contributed by atoms with Gasteiger partial charge in [0.05, 0.1) is 25.1 Å². The Morgan fingerprint density at radius 1 is 1.17 bits per heavy atom. The van der Waals surface area contributed by atoms with Crippen LogP contribution >= 0.6 is 0 Å². The molecule has 6 nitrogen and oxygen atoms in total. The summed E-state index contributed by atoms with van der Waals surface area (Å²) in [5.41, 5.74) is 3.50. The van der Waals surface area contributed by atoms with Crippen molar-refractivity contribution in [1.82, 2.24) is 24.2 Å². The zero-order valence-electron chi connectivity index (χ0n) is 14.7. The molecule has 0 aromatic carbocycles. The molecule has 1 atom stereocenters. The molecule has 6 heteroatoms. The quantitative estimate of drug-likeness (QED) is 0.851. The van der Waals surface area contributed by atoms with Crippen LogP contribution in [-0.4, -0.2) is 70.1 Å². The Labute approximate surface area is 143 Å². The van der Waals surface area contributed by atoms with E-state index in [4.69, 9.17) is 4.74 Å². The van der Waals surface area contributed by atoms with E-state index in [0.717, 1.165) is 50.2 Å². The molecule has 2 aromatic rings. The third-order valence-electron chi connectivity index (χ3n) is 5.24. The molecule has 4 heterocycles. The molecule has 2 aliphatic heterocycles. The average Bonchev–Trinajstić information content (AvgIpc) is 3.16. The highest BCUT2D eigenvalue weighted by atomic mass is 16.5. The van der Waals surface area contributed by atoms with E-state index in [-0.39, 0.29) is 0 Å². The number of likely N-dealkylation sites (tertiary alicyclic amines) is 1. The molecule has 24 heavy (non-hydrogen) atoms. The summed E-state index contributed by atoms with van der Waals surface area (Å²) >= 11 is 0. The first kappa shape index (κ1) is 16.0. The molecule has 2 aromatic heterocycles. The zero-order valence-corrected chi connectivity index (χ0v) is 14.7. The number of ether oxygens (including phenoxy) is 1. The van der Waals surface area contributed by atoms with E-state index in [9.17, 15) is 0 Å². The molecular weight excluding hydrogens is 302 g/mol. The van der Waals surface area contributed by atoms with Crippen LogP contribution in [-0.2, 0) is 11.3 Å². The van der Waals surface area contributed by atoms with Crippen molar-refractivity contribution in [2.45, 2.75) is 26.8 Å². The van der Waals surface area contributed by atoms with Gasteiger partial charge in [0.25, 0.3) is 0 Å². The van der Waals surface area contributed by atoms with E-state index in [2.05, 4.69) is 37.2 Å². The molecule has 0 N–H and O–H groups in total. The van der Waals surface area contributed by atoms with Crippen molar-refractivity contribution in [3.63, 3.8) is 0 Å². The van der Waals surface area contributed by atoms with E-state index in [1.54, 1.807) is 0 Å². The number of fused-ring (bicyclic) bond motifs is 1. The number of rotatable bonds is 4. The second-order valence-electron chi connectivity index (χ2n) is 7.23. The van der Waals surface area contributed by atoms with Crippen LogP contribution in [0.15, 0.2) is 12.3 Å². The van der Waals surface area contributed by atoms with Gasteiger partial charge in [0.1, 0.15) is 0 Å². The molecular formula is C18H27N5O. The number of aryl methyl sites for hydroxylation is 2. The zero-order chi connectivity index (χ0) is 16.5. The van der Waals surface area contributed by atoms with E-state index in [1.807, 2.05) is 13.1 Å². The van der Waals surface area contributed by atoms with Crippen LogP contribution in [0.1, 0.15) is 23.5 Å². The Balaban J connectivity index is 1.40. The van der Waals surface area contributed by atoms with Crippen molar-refractivity contribution in [3.8, 4) is 0 Å². The van der Waals surface area contributed by atoms with E-state index in [1.165, 1.54) is 37.4 Å². The van der Waals surface area contributed by atoms with E-state index < -0.39 is 0 Å². The van der Waals surface area contributed by atoms with Crippen molar-refractivity contribution in [2.75, 3.05) is 45.9 Å². The third kappa shape index (κ3) is 3.31. The molecule has 0 amide bonds. The Bertz CT molecular complexity index is 707. The largest absolute Gasteiger partial charge is 0.379 e. The average molecular weight is 329 g/mol. The summed E-state index contributed by atoms with van der Waals surface area (Å²) in [5.74, 6) is 1.61. The van der Waals surface area contributed by atoms with Gasteiger partial charge >= 0.3 is 0 Å². The van der Waals surface area contributed by atoms with Crippen molar-refractivity contribution < 1.29 is 4.74 Å². The minimum Gasteiger partial charge on any atom is -0.379 e. The van der Waals surface area contributed by atoms with Gasteiger partial charge in [-0.3, -0.25) is 14.2 Å². The van der Waals surface area contributed by atoms with Crippen LogP contribution in [0, 0.1) is 19.8 Å². The first-order chi connectivity index (χ1) is 11.7. The number of imidazole rings is 1. The maximum absolute atomic E-state index is 5.45. The number of hydrogen-bond acceptors (Lipinski definition) is 5. The standard InChI is InChI=1S/C18H27N5O/c1-14-9-15(2)23-17(10-19-18(23)20-14)13-22-4-3-16(12-22)11-21-5-7-24-8-6-21/h9-10,16H,3-8,11-13H2,1-2H3. The fraction of sp³-hybridized carbons (Fsp3) is 0.667. The predicted molar refractivity (Wildman–Crippen MR) is 93.1 cm³/mol. The molecule has 2 saturated heterocycles. The second-order valence-corrected chi connectivity index (χ2v) is 7.23. The fourth-order valence-corrected chi connectivity index (χ4v) is 4.09. The van der Waals surface area contributed by atoms with Crippen molar-refractivity contribution in [3.05, 3.63) is 29.3 Å². The highest BCUT2D eigenvalue weighted by Gasteiger charge is 2.26. The lowest BCUT2D eigenvalue weighted by Crippen LogP contribution is -2.39. The molecule has 130 valence electrons. The van der Waals surface area contributed by atoms with Crippen molar-refractivity contribution in [2.24, 2.45) is 5.92 Å². The SMILES string of the molecule is Cc1cc(C)n2c(CN3CCC(CN4CCOCC4)C3)cnc2n1. The summed E-state index contributed by atoms with van der Waals surface area (Å²) in [6.45, 7) is 12.7. The molecule has 1 unspecified atom stereocenters. The summed E-state index contributed by atoms with van der Waals surface area (Å²) in [5, 5.41) is 0. The first-order valence-corrected chi connectivity index (χ1v) is 9.02. The van der Waals surface area contributed by atoms with Crippen LogP contribution in [0.4, 0.5) is 0 Å². The monoisotopic (exact) mass is 329 g/mol. The van der Waals surface area contributed by atoms with Gasteiger partial charge in [0.15, 0.2) is 0 Å². The third-order valence-corrected chi connectivity index (χ3v) is 5.24. The van der Waals surface area contributed by atoms with E-state index in [0.29, 0.717) is 0 Å². The highest BCUT2D eigenvalue weighted by molar-refractivity contribution is 5.35. The summed E-state index contributed by atoms with van der Waals surface area (Å²) in [7, 11) is 0. The molecule has 0 bridgehead atoms. The van der Waals surface area contributed by atoms with Crippen LogP contribution in [0.2, 0.25) is 0 Å². The molecule has 2 fully saturated rings. The summed E-state index contributed by atoms with van der Waals surface area (Å²) < 4.78 is 7.64. The second kappa shape index (κ2) is 6.78. The lowest BCUT2D eigenvalue weighted by atomic mass is 10.1. The Morgan fingerprint density at radius 2 is 2.00 bits per heavy atom. The summed E-state index contributed by atoms with van der Waals surface area (Å²) in [6.07, 6.45) is 3.29. The maximum Gasteiger partial charge on any atom is 0.234 e. The number of morpholine rings is 1.